The largest absolute Gasteiger partial charge is 0.352 e. The van der Waals surface area contributed by atoms with Gasteiger partial charge in [-0.1, -0.05) is 19.3 Å². The number of hydrogen-bond acceptors (Lipinski definition) is 3. The second-order valence-corrected chi connectivity index (χ2v) is 6.82. The van der Waals surface area contributed by atoms with E-state index in [1.165, 1.54) is 51.5 Å². The van der Waals surface area contributed by atoms with E-state index in [2.05, 4.69) is 16.0 Å². The molecule has 1 saturated carbocycles. The molecule has 0 aromatic heterocycles. The fourth-order valence-corrected chi connectivity index (χ4v) is 4.26. The maximum absolute atomic E-state index is 11.3. The lowest BCUT2D eigenvalue weighted by molar-refractivity contribution is -0.119. The molecular formula is C16H29N3O. The molecule has 4 heteroatoms. The number of nitrogens with one attached hydrogen (secondary N) is 3. The first-order valence-corrected chi connectivity index (χ1v) is 8.59. The first-order valence-electron chi connectivity index (χ1n) is 8.59. The highest BCUT2D eigenvalue weighted by atomic mass is 16.1. The van der Waals surface area contributed by atoms with Crippen molar-refractivity contribution < 1.29 is 4.79 Å². The summed E-state index contributed by atoms with van der Waals surface area (Å²) in [5, 5.41) is 10.6. The molecule has 3 fully saturated rings. The fourth-order valence-electron chi connectivity index (χ4n) is 4.26. The summed E-state index contributed by atoms with van der Waals surface area (Å²) in [6.07, 6.45) is 11.2. The molecule has 3 aliphatic rings. The molecule has 4 nitrogen and oxygen atoms in total. The predicted molar refractivity (Wildman–Crippen MR) is 80.6 cm³/mol. The van der Waals surface area contributed by atoms with E-state index < -0.39 is 0 Å². The molecule has 0 spiro atoms. The highest BCUT2D eigenvalue weighted by molar-refractivity contribution is 5.78. The summed E-state index contributed by atoms with van der Waals surface area (Å²) in [4.78, 5) is 11.3. The van der Waals surface area contributed by atoms with E-state index in [1.807, 2.05) is 0 Å². The van der Waals surface area contributed by atoms with Crippen molar-refractivity contribution in [3.8, 4) is 0 Å². The third kappa shape index (κ3) is 3.53. The molecule has 0 aromatic rings. The quantitative estimate of drug-likeness (QED) is 0.732. The average molecular weight is 279 g/mol. The van der Waals surface area contributed by atoms with Crippen molar-refractivity contribution in [1.82, 2.24) is 16.0 Å². The molecule has 3 N–H and O–H groups in total. The van der Waals surface area contributed by atoms with Crippen molar-refractivity contribution in [2.45, 2.75) is 75.9 Å². The summed E-state index contributed by atoms with van der Waals surface area (Å²) >= 11 is 0. The van der Waals surface area contributed by atoms with E-state index in [1.54, 1.807) is 0 Å². The average Bonchev–Trinajstić information content (AvgIpc) is 2.92. The Kier molecular flexibility index (Phi) is 4.94. The zero-order valence-electron chi connectivity index (χ0n) is 12.5. The zero-order valence-corrected chi connectivity index (χ0v) is 12.5. The first kappa shape index (κ1) is 14.3. The van der Waals surface area contributed by atoms with Crippen LogP contribution in [0.1, 0.15) is 57.8 Å². The lowest BCUT2D eigenvalue weighted by Gasteiger charge is -2.40. The van der Waals surface area contributed by atoms with Crippen LogP contribution < -0.4 is 16.0 Å². The van der Waals surface area contributed by atoms with Gasteiger partial charge in [-0.2, -0.15) is 0 Å². The molecule has 1 aliphatic carbocycles. The zero-order chi connectivity index (χ0) is 13.8. The van der Waals surface area contributed by atoms with Gasteiger partial charge in [0.1, 0.15) is 0 Å². The number of hydrogen-bond donors (Lipinski definition) is 3. The molecule has 2 aliphatic heterocycles. The van der Waals surface area contributed by atoms with Crippen LogP contribution in [0.25, 0.3) is 0 Å². The number of amides is 1. The van der Waals surface area contributed by atoms with Gasteiger partial charge >= 0.3 is 0 Å². The molecule has 1 amide bonds. The van der Waals surface area contributed by atoms with Crippen LogP contribution in [-0.2, 0) is 4.79 Å². The summed E-state index contributed by atoms with van der Waals surface area (Å²) in [6.45, 7) is 2.16. The van der Waals surface area contributed by atoms with Crippen LogP contribution >= 0.6 is 0 Å². The van der Waals surface area contributed by atoms with Crippen molar-refractivity contribution in [2.75, 3.05) is 13.1 Å². The highest BCUT2D eigenvalue weighted by Crippen LogP contribution is 2.30. The van der Waals surface area contributed by atoms with Crippen molar-refractivity contribution in [3.05, 3.63) is 0 Å². The molecule has 0 aromatic carbocycles. The smallest absolute Gasteiger partial charge is 0.220 e. The molecule has 4 atom stereocenters. The second-order valence-electron chi connectivity index (χ2n) is 6.82. The van der Waals surface area contributed by atoms with Crippen LogP contribution in [0.5, 0.6) is 0 Å². The van der Waals surface area contributed by atoms with Crippen LogP contribution in [0.4, 0.5) is 0 Å². The number of carbonyl (C=O) groups is 1. The van der Waals surface area contributed by atoms with Gasteiger partial charge in [0, 0.05) is 31.1 Å². The van der Waals surface area contributed by atoms with Crippen molar-refractivity contribution >= 4 is 5.91 Å². The van der Waals surface area contributed by atoms with Crippen molar-refractivity contribution in [2.24, 2.45) is 5.92 Å². The monoisotopic (exact) mass is 279 g/mol. The summed E-state index contributed by atoms with van der Waals surface area (Å²) in [5.41, 5.74) is 0. The normalized spacial score (nSPS) is 38.7. The molecular weight excluding hydrogens is 250 g/mol. The third-order valence-electron chi connectivity index (χ3n) is 5.40. The van der Waals surface area contributed by atoms with Gasteiger partial charge in [-0.05, 0) is 44.6 Å². The van der Waals surface area contributed by atoms with Crippen LogP contribution in [0.15, 0.2) is 0 Å². The summed E-state index contributed by atoms with van der Waals surface area (Å²) in [6, 6.07) is 1.74. The van der Waals surface area contributed by atoms with Gasteiger partial charge in [0.25, 0.3) is 0 Å². The van der Waals surface area contributed by atoms with E-state index >= 15 is 0 Å². The van der Waals surface area contributed by atoms with Crippen LogP contribution in [-0.4, -0.2) is 37.1 Å². The van der Waals surface area contributed by atoms with Gasteiger partial charge in [-0.3, -0.25) is 4.79 Å². The minimum atomic E-state index is 0.228. The van der Waals surface area contributed by atoms with Crippen LogP contribution in [0, 0.1) is 5.92 Å². The van der Waals surface area contributed by atoms with Gasteiger partial charge in [-0.15, -0.1) is 0 Å². The molecule has 20 heavy (non-hydrogen) atoms. The van der Waals surface area contributed by atoms with E-state index in [0.29, 0.717) is 18.5 Å². The Hall–Kier alpha value is -0.610. The molecule has 4 unspecified atom stereocenters. The SMILES string of the molecule is O=C1CCC(CNC2CCCCC2C2CCCCN2)N1. The maximum Gasteiger partial charge on any atom is 0.220 e. The summed E-state index contributed by atoms with van der Waals surface area (Å²) in [5.74, 6) is 1.02. The fraction of sp³-hybridized carbons (Fsp3) is 0.938. The molecule has 0 bridgehead atoms. The molecule has 2 heterocycles. The van der Waals surface area contributed by atoms with E-state index in [9.17, 15) is 4.79 Å². The van der Waals surface area contributed by atoms with Gasteiger partial charge in [0.15, 0.2) is 0 Å². The van der Waals surface area contributed by atoms with E-state index in [0.717, 1.165) is 24.9 Å². The highest BCUT2D eigenvalue weighted by Gasteiger charge is 2.33. The second kappa shape index (κ2) is 6.90. The number of carbonyl (C=O) groups excluding carboxylic acids is 1. The Morgan fingerprint density at radius 3 is 2.65 bits per heavy atom. The number of rotatable bonds is 4. The van der Waals surface area contributed by atoms with Gasteiger partial charge in [0.2, 0.25) is 5.91 Å². The standard InChI is InChI=1S/C16H29N3O/c20-16-9-8-12(19-16)11-18-15-6-2-1-5-13(15)14-7-3-4-10-17-14/h12-15,17-18H,1-11H2,(H,19,20). The van der Waals surface area contributed by atoms with Gasteiger partial charge in [0.05, 0.1) is 0 Å². The van der Waals surface area contributed by atoms with Crippen molar-refractivity contribution in [3.63, 3.8) is 0 Å². The molecule has 2 saturated heterocycles. The predicted octanol–water partition coefficient (Wildman–Crippen LogP) is 1.56. The molecule has 114 valence electrons. The Morgan fingerprint density at radius 2 is 1.90 bits per heavy atom. The Balaban J connectivity index is 1.50. The van der Waals surface area contributed by atoms with Gasteiger partial charge < -0.3 is 16.0 Å². The Morgan fingerprint density at radius 1 is 1.05 bits per heavy atom. The Labute approximate surface area is 122 Å². The molecule has 0 radical (unpaired) electrons. The molecule has 3 rings (SSSR count). The first-order chi connectivity index (χ1) is 9.83. The van der Waals surface area contributed by atoms with Crippen LogP contribution in [0.2, 0.25) is 0 Å². The number of piperidine rings is 1. The minimum Gasteiger partial charge on any atom is -0.352 e. The Bertz CT molecular complexity index is 328. The third-order valence-corrected chi connectivity index (χ3v) is 5.40. The summed E-state index contributed by atoms with van der Waals surface area (Å²) in [7, 11) is 0. The topological polar surface area (TPSA) is 53.2 Å². The van der Waals surface area contributed by atoms with Gasteiger partial charge in [-0.25, -0.2) is 0 Å². The summed E-state index contributed by atoms with van der Waals surface area (Å²) < 4.78 is 0. The van der Waals surface area contributed by atoms with E-state index in [4.69, 9.17) is 0 Å². The minimum absolute atomic E-state index is 0.228. The maximum atomic E-state index is 11.3. The van der Waals surface area contributed by atoms with Crippen LogP contribution in [0.3, 0.4) is 0 Å². The lowest BCUT2D eigenvalue weighted by atomic mass is 9.77. The lowest BCUT2D eigenvalue weighted by Crippen LogP contribution is -2.52. The van der Waals surface area contributed by atoms with E-state index in [-0.39, 0.29) is 5.91 Å². The van der Waals surface area contributed by atoms with Crippen molar-refractivity contribution in [1.29, 1.82) is 0 Å².